The van der Waals surface area contributed by atoms with Crippen molar-refractivity contribution in [3.63, 3.8) is 0 Å². The number of hydrogen-bond donors (Lipinski definition) is 1. The Bertz CT molecular complexity index is 591. The monoisotopic (exact) mass is 328 g/mol. The molecule has 4 nitrogen and oxygen atoms in total. The Labute approximate surface area is 131 Å². The topological polar surface area (TPSA) is 49.4 Å². The number of sulfone groups is 1. The molecule has 0 bridgehead atoms. The van der Waals surface area contributed by atoms with Crippen LogP contribution in [0.2, 0.25) is 0 Å². The first kappa shape index (κ1) is 15.5. The van der Waals surface area contributed by atoms with Crippen molar-refractivity contribution in [3.05, 3.63) is 21.4 Å². The van der Waals surface area contributed by atoms with Gasteiger partial charge in [-0.2, -0.15) is 0 Å². The van der Waals surface area contributed by atoms with Crippen LogP contribution in [-0.4, -0.2) is 44.0 Å². The first-order valence-electron chi connectivity index (χ1n) is 7.76. The summed E-state index contributed by atoms with van der Waals surface area (Å²) in [6, 6.07) is 3.04. The summed E-state index contributed by atoms with van der Waals surface area (Å²) in [7, 11) is -2.81. The third kappa shape index (κ3) is 4.52. The van der Waals surface area contributed by atoms with Crippen molar-refractivity contribution in [2.75, 3.05) is 24.6 Å². The lowest BCUT2D eigenvalue weighted by molar-refractivity contribution is 0.287. The van der Waals surface area contributed by atoms with Crippen LogP contribution in [0.4, 0.5) is 0 Å². The van der Waals surface area contributed by atoms with Crippen molar-refractivity contribution in [3.8, 4) is 0 Å². The third-order valence-corrected chi connectivity index (χ3v) is 7.06. The van der Waals surface area contributed by atoms with Gasteiger partial charge in [0, 0.05) is 35.4 Å². The highest BCUT2D eigenvalue weighted by molar-refractivity contribution is 7.91. The normalized spacial score (nSPS) is 23.1. The van der Waals surface area contributed by atoms with Crippen LogP contribution in [0, 0.1) is 6.92 Å². The molecule has 2 fully saturated rings. The number of hydrogen-bond acceptors (Lipinski definition) is 5. The summed E-state index contributed by atoms with van der Waals surface area (Å²) in [6.07, 6.45) is 3.40. The Hall–Kier alpha value is -0.430. The summed E-state index contributed by atoms with van der Waals surface area (Å²) >= 11 is 1.87. The Kier molecular flexibility index (Phi) is 4.69. The third-order valence-electron chi connectivity index (χ3n) is 4.26. The Morgan fingerprint density at radius 1 is 1.33 bits per heavy atom. The maximum atomic E-state index is 11.7. The van der Waals surface area contributed by atoms with Crippen LogP contribution in [-0.2, 0) is 22.9 Å². The maximum absolute atomic E-state index is 11.7. The van der Waals surface area contributed by atoms with E-state index in [9.17, 15) is 8.42 Å². The quantitative estimate of drug-likeness (QED) is 0.897. The van der Waals surface area contributed by atoms with E-state index in [2.05, 4.69) is 23.2 Å². The van der Waals surface area contributed by atoms with E-state index in [0.29, 0.717) is 18.1 Å². The molecule has 1 aromatic heterocycles. The van der Waals surface area contributed by atoms with Crippen molar-refractivity contribution >= 4 is 21.2 Å². The summed E-state index contributed by atoms with van der Waals surface area (Å²) in [5.41, 5.74) is 1.37. The Balaban J connectivity index is 1.58. The second-order valence-electron chi connectivity index (χ2n) is 6.23. The minimum atomic E-state index is -2.81. The molecule has 1 aromatic rings. The highest BCUT2D eigenvalue weighted by Crippen LogP contribution is 2.25. The first-order valence-corrected chi connectivity index (χ1v) is 10.4. The summed E-state index contributed by atoms with van der Waals surface area (Å²) in [6.45, 7) is 5.61. The van der Waals surface area contributed by atoms with Gasteiger partial charge < -0.3 is 5.32 Å². The molecule has 1 saturated carbocycles. The molecule has 0 aromatic carbocycles. The highest BCUT2D eigenvalue weighted by atomic mass is 32.2. The van der Waals surface area contributed by atoms with E-state index in [4.69, 9.17) is 0 Å². The van der Waals surface area contributed by atoms with Gasteiger partial charge >= 0.3 is 0 Å². The molecule has 118 valence electrons. The second kappa shape index (κ2) is 6.36. The fraction of sp³-hybridized carbons (Fsp3) is 0.733. The number of nitrogens with zero attached hydrogens (tertiary/aromatic N) is 1. The van der Waals surface area contributed by atoms with Crippen molar-refractivity contribution in [2.45, 2.75) is 45.3 Å². The smallest absolute Gasteiger partial charge is 0.151 e. The summed E-state index contributed by atoms with van der Waals surface area (Å²) in [5.74, 6) is 0.662. The highest BCUT2D eigenvalue weighted by Gasteiger charge is 2.22. The average Bonchev–Trinajstić information content (AvgIpc) is 3.20. The average molecular weight is 329 g/mol. The van der Waals surface area contributed by atoms with Gasteiger partial charge in [0.25, 0.3) is 0 Å². The van der Waals surface area contributed by atoms with Gasteiger partial charge in [0.15, 0.2) is 9.84 Å². The predicted octanol–water partition coefficient (Wildman–Crippen LogP) is 1.93. The number of thiophene rings is 1. The second-order valence-corrected chi connectivity index (χ2v) is 9.88. The van der Waals surface area contributed by atoms with Gasteiger partial charge in [-0.3, -0.25) is 4.90 Å². The summed E-state index contributed by atoms with van der Waals surface area (Å²) in [5, 5.41) is 3.56. The van der Waals surface area contributed by atoms with Crippen molar-refractivity contribution < 1.29 is 8.42 Å². The zero-order valence-corrected chi connectivity index (χ0v) is 14.2. The molecule has 0 amide bonds. The van der Waals surface area contributed by atoms with Gasteiger partial charge in [-0.05, 0) is 44.4 Å². The van der Waals surface area contributed by atoms with Gasteiger partial charge in [0.05, 0.1) is 11.5 Å². The molecule has 2 heterocycles. The van der Waals surface area contributed by atoms with Crippen LogP contribution in [0.1, 0.15) is 34.6 Å². The van der Waals surface area contributed by atoms with Crippen molar-refractivity contribution in [2.24, 2.45) is 0 Å². The van der Waals surface area contributed by atoms with Crippen LogP contribution in [0.15, 0.2) is 6.07 Å². The van der Waals surface area contributed by atoms with E-state index >= 15 is 0 Å². The Morgan fingerprint density at radius 3 is 2.90 bits per heavy atom. The SMILES string of the molecule is Cc1sc(CNC2CC2)cc1CN1CCCS(=O)(=O)CC1. The molecule has 0 spiro atoms. The van der Waals surface area contributed by atoms with E-state index in [1.54, 1.807) is 0 Å². The van der Waals surface area contributed by atoms with E-state index in [0.717, 1.165) is 32.1 Å². The lowest BCUT2D eigenvalue weighted by atomic mass is 10.2. The molecule has 0 radical (unpaired) electrons. The van der Waals surface area contributed by atoms with Gasteiger partial charge in [-0.15, -0.1) is 11.3 Å². The van der Waals surface area contributed by atoms with Crippen molar-refractivity contribution in [1.82, 2.24) is 10.2 Å². The van der Waals surface area contributed by atoms with Crippen LogP contribution in [0.5, 0.6) is 0 Å². The zero-order valence-electron chi connectivity index (χ0n) is 12.6. The number of aryl methyl sites for hydroxylation is 1. The standard InChI is InChI=1S/C15H24N2O2S2/c1-12-13(9-15(20-12)10-16-14-3-4-14)11-17-5-2-7-21(18,19)8-6-17/h9,14,16H,2-8,10-11H2,1H3. The first-order chi connectivity index (χ1) is 10.0. The van der Waals surface area contributed by atoms with Crippen LogP contribution < -0.4 is 5.32 Å². The van der Waals surface area contributed by atoms with Crippen LogP contribution >= 0.6 is 11.3 Å². The molecule has 1 saturated heterocycles. The van der Waals surface area contributed by atoms with Crippen molar-refractivity contribution in [1.29, 1.82) is 0 Å². The van der Waals surface area contributed by atoms with E-state index in [1.807, 2.05) is 11.3 Å². The molecule has 2 aliphatic rings. The molecule has 1 aliphatic carbocycles. The van der Waals surface area contributed by atoms with E-state index in [-0.39, 0.29) is 0 Å². The van der Waals surface area contributed by atoms with Crippen LogP contribution in [0.25, 0.3) is 0 Å². The van der Waals surface area contributed by atoms with Gasteiger partial charge in [-0.25, -0.2) is 8.42 Å². The fourth-order valence-corrected chi connectivity index (χ4v) is 5.07. The number of nitrogens with one attached hydrogen (secondary N) is 1. The fourth-order valence-electron chi connectivity index (χ4n) is 2.75. The molecule has 1 aliphatic heterocycles. The van der Waals surface area contributed by atoms with E-state index < -0.39 is 9.84 Å². The van der Waals surface area contributed by atoms with Gasteiger partial charge in [0.2, 0.25) is 0 Å². The molecule has 1 N–H and O–H groups in total. The lowest BCUT2D eigenvalue weighted by Gasteiger charge is -2.18. The molecule has 6 heteroatoms. The summed E-state index contributed by atoms with van der Waals surface area (Å²) < 4.78 is 23.3. The molecule has 21 heavy (non-hydrogen) atoms. The molecule has 3 rings (SSSR count). The maximum Gasteiger partial charge on any atom is 0.151 e. The largest absolute Gasteiger partial charge is 0.309 e. The van der Waals surface area contributed by atoms with Gasteiger partial charge in [0.1, 0.15) is 0 Å². The van der Waals surface area contributed by atoms with Crippen LogP contribution in [0.3, 0.4) is 0 Å². The minimum Gasteiger partial charge on any atom is -0.309 e. The zero-order chi connectivity index (χ0) is 14.9. The molecular formula is C15H24N2O2S2. The Morgan fingerprint density at radius 2 is 2.14 bits per heavy atom. The minimum absolute atomic E-state index is 0.312. The molecular weight excluding hydrogens is 304 g/mol. The number of rotatable bonds is 5. The van der Waals surface area contributed by atoms with E-state index in [1.165, 1.54) is 28.2 Å². The van der Waals surface area contributed by atoms with Gasteiger partial charge in [-0.1, -0.05) is 0 Å². The summed E-state index contributed by atoms with van der Waals surface area (Å²) in [4.78, 5) is 5.06. The lowest BCUT2D eigenvalue weighted by Crippen LogP contribution is -2.26. The molecule has 0 unspecified atom stereocenters. The molecule has 0 atom stereocenters. The predicted molar refractivity (Wildman–Crippen MR) is 87.5 cm³/mol.